The molecule has 0 aliphatic heterocycles. The van der Waals surface area contributed by atoms with Gasteiger partial charge in [0.25, 0.3) is 5.91 Å². The van der Waals surface area contributed by atoms with Gasteiger partial charge in [-0.05, 0) is 31.7 Å². The molecule has 0 bridgehead atoms. The Balaban J connectivity index is 1.79. The van der Waals surface area contributed by atoms with Crippen LogP contribution in [-0.2, 0) is 4.79 Å². The number of carbonyl (C=O) groups is 2. The number of amides is 1. The van der Waals surface area contributed by atoms with Crippen molar-refractivity contribution in [3.05, 3.63) is 18.0 Å². The maximum absolute atomic E-state index is 12.8. The van der Waals surface area contributed by atoms with Crippen LogP contribution in [0.15, 0.2) is 12.3 Å². The molecule has 2 fully saturated rings. The van der Waals surface area contributed by atoms with Crippen LogP contribution in [0.25, 0.3) is 0 Å². The van der Waals surface area contributed by atoms with Gasteiger partial charge in [-0.1, -0.05) is 32.1 Å². The minimum absolute atomic E-state index is 0.286. The van der Waals surface area contributed by atoms with Crippen LogP contribution >= 0.6 is 0 Å². The minimum atomic E-state index is -1.08. The van der Waals surface area contributed by atoms with Crippen molar-refractivity contribution in [3.63, 3.8) is 0 Å². The molecule has 0 radical (unpaired) electrons. The second-order valence-corrected chi connectivity index (χ2v) is 6.88. The van der Waals surface area contributed by atoms with Crippen molar-refractivity contribution in [3.8, 4) is 0 Å². The van der Waals surface area contributed by atoms with Gasteiger partial charge >= 0.3 is 5.97 Å². The van der Waals surface area contributed by atoms with Crippen LogP contribution in [0.2, 0.25) is 0 Å². The first-order chi connectivity index (χ1) is 11.0. The summed E-state index contributed by atoms with van der Waals surface area (Å²) in [6, 6.07) is 2.10. The molecular weight excluding hydrogens is 294 g/mol. The summed E-state index contributed by atoms with van der Waals surface area (Å²) in [6.07, 6.45) is 10.2. The van der Waals surface area contributed by atoms with Crippen LogP contribution in [0.3, 0.4) is 0 Å². The predicted molar refractivity (Wildman–Crippen MR) is 85.3 cm³/mol. The normalized spacial score (nSPS) is 21.3. The van der Waals surface area contributed by atoms with E-state index in [1.165, 1.54) is 17.7 Å². The van der Waals surface area contributed by atoms with Gasteiger partial charge in [-0.2, -0.15) is 5.10 Å². The molecule has 6 nitrogen and oxygen atoms in total. The van der Waals surface area contributed by atoms with Crippen LogP contribution in [0, 0.1) is 0 Å². The SMILES string of the molecule is CN(C(=O)c1ccn(C2CCCC2)n1)C1(C(=O)O)CCCCC1. The molecule has 0 spiro atoms. The summed E-state index contributed by atoms with van der Waals surface area (Å²) in [7, 11) is 1.61. The van der Waals surface area contributed by atoms with E-state index in [2.05, 4.69) is 5.10 Å². The largest absolute Gasteiger partial charge is 0.479 e. The average Bonchev–Trinajstić information content (AvgIpc) is 3.24. The van der Waals surface area contributed by atoms with E-state index in [0.717, 1.165) is 32.1 Å². The smallest absolute Gasteiger partial charge is 0.329 e. The Morgan fingerprint density at radius 2 is 1.87 bits per heavy atom. The first-order valence-electron chi connectivity index (χ1n) is 8.61. The molecule has 1 heterocycles. The predicted octanol–water partition coefficient (Wildman–Crippen LogP) is 2.86. The lowest BCUT2D eigenvalue weighted by atomic mass is 9.80. The number of carboxylic acid groups (broad SMARTS) is 1. The van der Waals surface area contributed by atoms with Gasteiger partial charge in [0.1, 0.15) is 11.2 Å². The lowest BCUT2D eigenvalue weighted by molar-refractivity contribution is -0.151. The average molecular weight is 319 g/mol. The summed E-state index contributed by atoms with van der Waals surface area (Å²) in [5.74, 6) is -1.19. The van der Waals surface area contributed by atoms with Gasteiger partial charge in [-0.25, -0.2) is 4.79 Å². The molecule has 3 rings (SSSR count). The molecule has 6 heteroatoms. The van der Waals surface area contributed by atoms with E-state index in [4.69, 9.17) is 0 Å². The molecule has 0 aromatic carbocycles. The fourth-order valence-corrected chi connectivity index (χ4v) is 4.02. The van der Waals surface area contributed by atoms with Crippen LogP contribution in [0.5, 0.6) is 0 Å². The van der Waals surface area contributed by atoms with Crippen molar-refractivity contribution in [1.29, 1.82) is 0 Å². The standard InChI is InChI=1S/C17H25N3O3/c1-19(17(16(22)23)10-5-2-6-11-17)15(21)14-9-12-20(18-14)13-7-3-4-8-13/h9,12-13H,2-8,10-11H2,1H3,(H,22,23). The second kappa shape index (κ2) is 6.34. The van der Waals surface area contributed by atoms with Crippen LogP contribution < -0.4 is 0 Å². The first kappa shape index (κ1) is 16.0. The molecule has 2 aliphatic carbocycles. The van der Waals surface area contributed by atoms with E-state index in [1.54, 1.807) is 13.1 Å². The molecule has 0 unspecified atom stereocenters. The number of carbonyl (C=O) groups excluding carboxylic acids is 1. The third-order valence-electron chi connectivity index (χ3n) is 5.55. The summed E-state index contributed by atoms with van der Waals surface area (Å²) in [5.41, 5.74) is -0.725. The van der Waals surface area contributed by atoms with E-state index < -0.39 is 11.5 Å². The van der Waals surface area contributed by atoms with Gasteiger partial charge in [0, 0.05) is 13.2 Å². The van der Waals surface area contributed by atoms with Crippen molar-refractivity contribution in [2.24, 2.45) is 0 Å². The highest BCUT2D eigenvalue weighted by atomic mass is 16.4. The Bertz CT molecular complexity index is 584. The number of rotatable bonds is 4. The zero-order valence-electron chi connectivity index (χ0n) is 13.7. The molecule has 0 atom stereocenters. The summed E-state index contributed by atoms with van der Waals surface area (Å²) in [5, 5.41) is 14.1. The molecule has 1 aromatic heterocycles. The van der Waals surface area contributed by atoms with Gasteiger partial charge in [0.2, 0.25) is 0 Å². The van der Waals surface area contributed by atoms with E-state index in [1.807, 2.05) is 10.9 Å². The molecular formula is C17H25N3O3. The highest BCUT2D eigenvalue weighted by Crippen LogP contribution is 2.34. The molecule has 1 N–H and O–H groups in total. The Morgan fingerprint density at radius 1 is 1.22 bits per heavy atom. The van der Waals surface area contributed by atoms with Crippen molar-refractivity contribution >= 4 is 11.9 Å². The van der Waals surface area contributed by atoms with E-state index in [0.29, 0.717) is 24.6 Å². The first-order valence-corrected chi connectivity index (χ1v) is 8.61. The van der Waals surface area contributed by atoms with Crippen molar-refractivity contribution in [2.45, 2.75) is 69.4 Å². The Hall–Kier alpha value is -1.85. The summed E-state index contributed by atoms with van der Waals surface area (Å²) in [4.78, 5) is 26.0. The van der Waals surface area contributed by atoms with Gasteiger partial charge in [-0.15, -0.1) is 0 Å². The van der Waals surface area contributed by atoms with Crippen molar-refractivity contribution < 1.29 is 14.7 Å². The molecule has 126 valence electrons. The van der Waals surface area contributed by atoms with Crippen LogP contribution in [-0.4, -0.2) is 44.3 Å². The summed E-state index contributed by atoms with van der Waals surface area (Å²) >= 11 is 0. The molecule has 0 saturated heterocycles. The lowest BCUT2D eigenvalue weighted by Gasteiger charge is -2.40. The zero-order chi connectivity index (χ0) is 16.4. The number of hydrogen-bond acceptors (Lipinski definition) is 3. The molecule has 2 aliphatic rings. The van der Waals surface area contributed by atoms with Crippen LogP contribution in [0.4, 0.5) is 0 Å². The topological polar surface area (TPSA) is 75.4 Å². The lowest BCUT2D eigenvalue weighted by Crippen LogP contribution is -2.56. The monoisotopic (exact) mass is 319 g/mol. The molecule has 2 saturated carbocycles. The van der Waals surface area contributed by atoms with E-state index in [9.17, 15) is 14.7 Å². The van der Waals surface area contributed by atoms with Gasteiger partial charge in [0.05, 0.1) is 6.04 Å². The fraction of sp³-hybridized carbons (Fsp3) is 0.706. The number of aliphatic carboxylic acids is 1. The Kier molecular flexibility index (Phi) is 4.41. The Morgan fingerprint density at radius 3 is 2.48 bits per heavy atom. The maximum Gasteiger partial charge on any atom is 0.329 e. The number of hydrogen-bond donors (Lipinski definition) is 1. The summed E-state index contributed by atoms with van der Waals surface area (Å²) in [6.45, 7) is 0. The molecule has 1 aromatic rings. The maximum atomic E-state index is 12.8. The van der Waals surface area contributed by atoms with E-state index in [-0.39, 0.29) is 5.91 Å². The number of likely N-dealkylation sites (N-methyl/N-ethyl adjacent to an activating group) is 1. The number of carboxylic acids is 1. The molecule has 1 amide bonds. The van der Waals surface area contributed by atoms with E-state index >= 15 is 0 Å². The minimum Gasteiger partial charge on any atom is -0.479 e. The highest BCUT2D eigenvalue weighted by Gasteiger charge is 2.46. The third kappa shape index (κ3) is 2.86. The second-order valence-electron chi connectivity index (χ2n) is 6.88. The van der Waals surface area contributed by atoms with Gasteiger partial charge in [-0.3, -0.25) is 9.48 Å². The van der Waals surface area contributed by atoms with Crippen LogP contribution in [0.1, 0.15) is 74.3 Å². The zero-order valence-corrected chi connectivity index (χ0v) is 13.7. The number of nitrogens with zero attached hydrogens (tertiary/aromatic N) is 3. The fourth-order valence-electron chi connectivity index (χ4n) is 4.02. The number of aromatic nitrogens is 2. The van der Waals surface area contributed by atoms with Gasteiger partial charge in [0.15, 0.2) is 0 Å². The van der Waals surface area contributed by atoms with Crippen molar-refractivity contribution in [2.75, 3.05) is 7.05 Å². The van der Waals surface area contributed by atoms with Gasteiger partial charge < -0.3 is 10.0 Å². The third-order valence-corrected chi connectivity index (χ3v) is 5.55. The van der Waals surface area contributed by atoms with Crippen molar-refractivity contribution in [1.82, 2.24) is 14.7 Å². The Labute approximate surface area is 136 Å². The molecule has 23 heavy (non-hydrogen) atoms. The quantitative estimate of drug-likeness (QED) is 0.926. The summed E-state index contributed by atoms with van der Waals surface area (Å²) < 4.78 is 1.88. The highest BCUT2D eigenvalue weighted by molar-refractivity contribution is 5.96.